The van der Waals surface area contributed by atoms with Crippen molar-refractivity contribution in [3.8, 4) is 5.75 Å². The maximum absolute atomic E-state index is 13.7. The van der Waals surface area contributed by atoms with Crippen molar-refractivity contribution in [2.24, 2.45) is 0 Å². The molecular weight excluding hydrogens is 412 g/mol. The number of para-hydroxylation sites is 1. The average molecular weight is 439 g/mol. The molecular formula is C27H26N4O2. The number of hydrogen-bond donors (Lipinski definition) is 1. The van der Waals surface area contributed by atoms with Gasteiger partial charge >= 0.3 is 0 Å². The lowest BCUT2D eigenvalue weighted by molar-refractivity contribution is 0.0744. The highest BCUT2D eigenvalue weighted by Crippen LogP contribution is 2.25. The van der Waals surface area contributed by atoms with Crippen molar-refractivity contribution >= 4 is 11.7 Å². The van der Waals surface area contributed by atoms with Crippen molar-refractivity contribution < 1.29 is 9.53 Å². The van der Waals surface area contributed by atoms with Crippen LogP contribution in [0.4, 0.5) is 5.82 Å². The number of benzene rings is 3. The number of fused-ring (bicyclic) bond motifs is 1. The number of amides is 1. The van der Waals surface area contributed by atoms with Crippen LogP contribution in [-0.2, 0) is 19.7 Å². The van der Waals surface area contributed by atoms with E-state index in [1.54, 1.807) is 0 Å². The van der Waals surface area contributed by atoms with Crippen molar-refractivity contribution in [1.82, 2.24) is 14.5 Å². The van der Waals surface area contributed by atoms with E-state index in [4.69, 9.17) is 9.72 Å². The lowest BCUT2D eigenvalue weighted by atomic mass is 10.2. The molecule has 6 nitrogen and oxygen atoms in total. The van der Waals surface area contributed by atoms with E-state index in [0.29, 0.717) is 37.7 Å². The molecule has 2 heterocycles. The minimum absolute atomic E-state index is 0.0201. The number of nitrogens with zero attached hydrogens (tertiary/aromatic N) is 3. The second-order valence-corrected chi connectivity index (χ2v) is 8.04. The highest BCUT2D eigenvalue weighted by molar-refractivity contribution is 5.98. The largest absolute Gasteiger partial charge is 0.486 e. The Hall–Kier alpha value is -4.06. The minimum atomic E-state index is -0.0201. The van der Waals surface area contributed by atoms with Crippen LogP contribution < -0.4 is 10.1 Å². The van der Waals surface area contributed by atoms with Crippen LogP contribution in [0.5, 0.6) is 5.75 Å². The molecule has 3 aromatic carbocycles. The molecule has 5 rings (SSSR count). The summed E-state index contributed by atoms with van der Waals surface area (Å²) < 4.78 is 7.99. The number of imidazole rings is 1. The Morgan fingerprint density at radius 2 is 1.42 bits per heavy atom. The third kappa shape index (κ3) is 4.75. The van der Waals surface area contributed by atoms with E-state index < -0.39 is 0 Å². The van der Waals surface area contributed by atoms with Gasteiger partial charge in [0.05, 0.1) is 0 Å². The fourth-order valence-corrected chi connectivity index (χ4v) is 4.07. The van der Waals surface area contributed by atoms with Gasteiger partial charge in [-0.2, -0.15) is 0 Å². The molecule has 1 aliphatic heterocycles. The summed E-state index contributed by atoms with van der Waals surface area (Å²) in [5.74, 6) is 2.09. The Bertz CT molecular complexity index is 1210. The second kappa shape index (κ2) is 9.61. The molecule has 1 aliphatic rings. The Kier molecular flexibility index (Phi) is 6.06. The van der Waals surface area contributed by atoms with Crippen molar-refractivity contribution in [2.45, 2.75) is 19.7 Å². The molecule has 166 valence electrons. The first-order valence-corrected chi connectivity index (χ1v) is 11.2. The fourth-order valence-electron chi connectivity index (χ4n) is 4.07. The zero-order valence-corrected chi connectivity index (χ0v) is 18.4. The van der Waals surface area contributed by atoms with E-state index in [1.807, 2.05) is 88.3 Å². The summed E-state index contributed by atoms with van der Waals surface area (Å²) in [5, 5.41) is 3.37. The van der Waals surface area contributed by atoms with Gasteiger partial charge in [-0.3, -0.25) is 4.79 Å². The SMILES string of the molecule is O=C1c2c(nc(COc3ccccc3)n2Cc2ccccc2)NCCN1Cc1ccccc1. The molecule has 0 unspecified atom stereocenters. The average Bonchev–Trinajstić information content (AvgIpc) is 3.12. The van der Waals surface area contributed by atoms with Gasteiger partial charge in [0.2, 0.25) is 0 Å². The van der Waals surface area contributed by atoms with Gasteiger partial charge in [-0.25, -0.2) is 4.98 Å². The molecule has 1 aromatic heterocycles. The van der Waals surface area contributed by atoms with Gasteiger partial charge in [0.1, 0.15) is 18.2 Å². The number of anilines is 1. The molecule has 0 bridgehead atoms. The topological polar surface area (TPSA) is 59.4 Å². The van der Waals surface area contributed by atoms with Crippen molar-refractivity contribution in [1.29, 1.82) is 0 Å². The number of rotatable bonds is 7. The predicted octanol–water partition coefficient (Wildman–Crippen LogP) is 4.58. The van der Waals surface area contributed by atoms with Crippen LogP contribution in [0.1, 0.15) is 27.4 Å². The number of ether oxygens (including phenoxy) is 1. The van der Waals surface area contributed by atoms with E-state index >= 15 is 0 Å². The first-order valence-electron chi connectivity index (χ1n) is 11.2. The van der Waals surface area contributed by atoms with Gasteiger partial charge < -0.3 is 19.5 Å². The molecule has 33 heavy (non-hydrogen) atoms. The summed E-state index contributed by atoms with van der Waals surface area (Å²) in [6, 6.07) is 29.9. The zero-order chi connectivity index (χ0) is 22.5. The van der Waals surface area contributed by atoms with Crippen molar-refractivity contribution in [3.05, 3.63) is 114 Å². The van der Waals surface area contributed by atoms with E-state index in [9.17, 15) is 4.79 Å². The molecule has 0 radical (unpaired) electrons. The number of aromatic nitrogens is 2. The van der Waals surface area contributed by atoms with Gasteiger partial charge in [0.15, 0.2) is 11.5 Å². The quantitative estimate of drug-likeness (QED) is 0.459. The van der Waals surface area contributed by atoms with Crippen LogP contribution in [0.15, 0.2) is 91.0 Å². The summed E-state index contributed by atoms with van der Waals surface area (Å²) in [7, 11) is 0. The van der Waals surface area contributed by atoms with E-state index in [0.717, 1.165) is 22.7 Å². The molecule has 0 fully saturated rings. The predicted molar refractivity (Wildman–Crippen MR) is 128 cm³/mol. The third-order valence-electron chi connectivity index (χ3n) is 5.72. The first-order chi connectivity index (χ1) is 16.3. The van der Waals surface area contributed by atoms with Crippen LogP contribution in [0, 0.1) is 0 Å². The third-order valence-corrected chi connectivity index (χ3v) is 5.72. The van der Waals surface area contributed by atoms with Crippen LogP contribution in [0.2, 0.25) is 0 Å². The lowest BCUT2D eigenvalue weighted by Gasteiger charge is -2.22. The zero-order valence-electron chi connectivity index (χ0n) is 18.4. The highest BCUT2D eigenvalue weighted by Gasteiger charge is 2.30. The van der Waals surface area contributed by atoms with E-state index in [2.05, 4.69) is 17.4 Å². The Morgan fingerprint density at radius 1 is 0.818 bits per heavy atom. The van der Waals surface area contributed by atoms with Crippen LogP contribution >= 0.6 is 0 Å². The molecule has 0 saturated carbocycles. The van der Waals surface area contributed by atoms with Gasteiger partial charge in [0, 0.05) is 26.2 Å². The van der Waals surface area contributed by atoms with E-state index in [-0.39, 0.29) is 12.5 Å². The smallest absolute Gasteiger partial charge is 0.274 e. The van der Waals surface area contributed by atoms with Gasteiger partial charge in [-0.15, -0.1) is 0 Å². The van der Waals surface area contributed by atoms with Crippen molar-refractivity contribution in [2.75, 3.05) is 18.4 Å². The molecule has 0 aliphatic carbocycles. The lowest BCUT2D eigenvalue weighted by Crippen LogP contribution is -2.33. The number of carbonyl (C=O) groups is 1. The van der Waals surface area contributed by atoms with E-state index in [1.165, 1.54) is 0 Å². The van der Waals surface area contributed by atoms with Crippen molar-refractivity contribution in [3.63, 3.8) is 0 Å². The Balaban J connectivity index is 1.48. The van der Waals surface area contributed by atoms with Gasteiger partial charge in [-0.1, -0.05) is 78.9 Å². The molecule has 6 heteroatoms. The second-order valence-electron chi connectivity index (χ2n) is 8.04. The van der Waals surface area contributed by atoms with Crippen LogP contribution in [0.3, 0.4) is 0 Å². The van der Waals surface area contributed by atoms with Crippen LogP contribution in [0.25, 0.3) is 0 Å². The minimum Gasteiger partial charge on any atom is -0.486 e. The monoisotopic (exact) mass is 438 g/mol. The first kappa shape index (κ1) is 20.8. The molecule has 0 spiro atoms. The normalized spacial score (nSPS) is 13.2. The number of carbonyl (C=O) groups excluding carboxylic acids is 1. The van der Waals surface area contributed by atoms with Crippen LogP contribution in [-0.4, -0.2) is 33.4 Å². The summed E-state index contributed by atoms with van der Waals surface area (Å²) in [6.45, 7) is 2.64. The number of hydrogen-bond acceptors (Lipinski definition) is 4. The highest BCUT2D eigenvalue weighted by atomic mass is 16.5. The molecule has 0 saturated heterocycles. The summed E-state index contributed by atoms with van der Waals surface area (Å²) in [5.41, 5.74) is 2.79. The summed E-state index contributed by atoms with van der Waals surface area (Å²) in [6.07, 6.45) is 0. The van der Waals surface area contributed by atoms with Gasteiger partial charge in [0.25, 0.3) is 5.91 Å². The standard InChI is InChI=1S/C27H26N4O2/c32-27-25-26(28-16-17-30(27)18-21-10-4-1-5-11-21)29-24(20-33-23-14-8-3-9-15-23)31(25)19-22-12-6-2-7-13-22/h1-15,28H,16-20H2. The molecule has 1 amide bonds. The summed E-state index contributed by atoms with van der Waals surface area (Å²) in [4.78, 5) is 20.4. The molecule has 1 N–H and O–H groups in total. The number of nitrogens with one attached hydrogen (secondary N) is 1. The maximum atomic E-state index is 13.7. The fraction of sp³-hybridized carbons (Fsp3) is 0.185. The Labute approximate surface area is 193 Å². The summed E-state index contributed by atoms with van der Waals surface area (Å²) >= 11 is 0. The maximum Gasteiger partial charge on any atom is 0.274 e. The van der Waals surface area contributed by atoms with Gasteiger partial charge in [-0.05, 0) is 23.3 Å². The Morgan fingerprint density at radius 3 is 2.09 bits per heavy atom. The molecule has 0 atom stereocenters. The molecule has 4 aromatic rings.